The number of fused-ring (bicyclic) bond motifs is 3. The highest BCUT2D eigenvalue weighted by atomic mass is 16.1. The Morgan fingerprint density at radius 3 is 2.40 bits per heavy atom. The second-order valence-corrected chi connectivity index (χ2v) is 8.17. The predicted octanol–water partition coefficient (Wildman–Crippen LogP) is 3.70. The number of aryl methyl sites for hydroxylation is 2. The molecule has 0 radical (unpaired) electrons. The van der Waals surface area contributed by atoms with Crippen molar-refractivity contribution in [3.63, 3.8) is 0 Å². The molecule has 2 aromatic heterocycles. The van der Waals surface area contributed by atoms with Gasteiger partial charge < -0.3 is 9.47 Å². The van der Waals surface area contributed by atoms with Gasteiger partial charge in [-0.15, -0.1) is 0 Å². The maximum Gasteiger partial charge on any atom is 0.216 e. The van der Waals surface area contributed by atoms with E-state index in [-0.39, 0.29) is 5.78 Å². The lowest BCUT2D eigenvalue weighted by Crippen LogP contribution is -3.11. The highest BCUT2D eigenvalue weighted by Crippen LogP contribution is 2.32. The molecule has 0 saturated carbocycles. The first-order chi connectivity index (χ1) is 14.5. The Morgan fingerprint density at radius 1 is 1.03 bits per heavy atom. The topological polar surface area (TPSA) is 43.7 Å². The van der Waals surface area contributed by atoms with Crippen molar-refractivity contribution < 1.29 is 9.69 Å². The SMILES string of the molecule is CC[NH+](CC)CCn1c2ccccc2n2c(C(C)=O)c(-c3cc(C)ccc3C)nc12. The summed E-state index contributed by atoms with van der Waals surface area (Å²) in [6, 6.07) is 14.6. The Balaban J connectivity index is 2.00. The minimum Gasteiger partial charge on any atom is -0.334 e. The van der Waals surface area contributed by atoms with E-state index in [0.29, 0.717) is 5.69 Å². The van der Waals surface area contributed by atoms with Crippen molar-refractivity contribution in [3.8, 4) is 11.3 Å². The maximum absolute atomic E-state index is 12.8. The molecule has 1 N–H and O–H groups in total. The molecule has 0 unspecified atom stereocenters. The van der Waals surface area contributed by atoms with Crippen molar-refractivity contribution in [2.45, 2.75) is 41.2 Å². The fraction of sp³-hybridized carbons (Fsp3) is 0.360. The van der Waals surface area contributed by atoms with E-state index in [9.17, 15) is 4.79 Å². The first-order valence-corrected chi connectivity index (χ1v) is 10.9. The number of rotatable bonds is 7. The molecule has 2 heterocycles. The molecule has 0 aliphatic carbocycles. The van der Waals surface area contributed by atoms with Crippen LogP contribution in [-0.2, 0) is 6.54 Å². The number of hydrogen-bond donors (Lipinski definition) is 1. The summed E-state index contributed by atoms with van der Waals surface area (Å²) >= 11 is 0. The number of quaternary nitrogens is 1. The first kappa shape index (κ1) is 20.4. The Morgan fingerprint density at radius 2 is 1.73 bits per heavy atom. The highest BCUT2D eigenvalue weighted by molar-refractivity contribution is 6.02. The molecule has 4 rings (SSSR count). The van der Waals surface area contributed by atoms with Crippen LogP contribution in [0.1, 0.15) is 42.4 Å². The molecule has 5 nitrogen and oxygen atoms in total. The van der Waals surface area contributed by atoms with Gasteiger partial charge >= 0.3 is 0 Å². The van der Waals surface area contributed by atoms with E-state index in [4.69, 9.17) is 4.98 Å². The van der Waals surface area contributed by atoms with Gasteiger partial charge in [-0.2, -0.15) is 0 Å². The van der Waals surface area contributed by atoms with Crippen LogP contribution in [0.5, 0.6) is 0 Å². The van der Waals surface area contributed by atoms with Crippen LogP contribution < -0.4 is 4.90 Å². The van der Waals surface area contributed by atoms with Gasteiger partial charge in [0.2, 0.25) is 5.78 Å². The van der Waals surface area contributed by atoms with Crippen LogP contribution in [0, 0.1) is 13.8 Å². The van der Waals surface area contributed by atoms with Crippen LogP contribution in [0.4, 0.5) is 0 Å². The van der Waals surface area contributed by atoms with E-state index in [1.807, 2.05) is 6.07 Å². The fourth-order valence-electron chi connectivity index (χ4n) is 4.40. The van der Waals surface area contributed by atoms with E-state index in [1.54, 1.807) is 11.8 Å². The second-order valence-electron chi connectivity index (χ2n) is 8.17. The summed E-state index contributed by atoms with van der Waals surface area (Å²) in [5.74, 6) is 0.888. The van der Waals surface area contributed by atoms with Crippen molar-refractivity contribution in [2.75, 3.05) is 19.6 Å². The molecule has 0 fully saturated rings. The number of ketones is 1. The molecule has 0 aliphatic rings. The third-order valence-corrected chi connectivity index (χ3v) is 6.19. The number of nitrogens with zero attached hydrogens (tertiary/aromatic N) is 3. The van der Waals surface area contributed by atoms with Crippen LogP contribution >= 0.6 is 0 Å². The summed E-state index contributed by atoms with van der Waals surface area (Å²) in [7, 11) is 0. The van der Waals surface area contributed by atoms with E-state index in [0.717, 1.165) is 59.8 Å². The standard InChI is InChI=1S/C25H30N4O/c1-6-27(7-2)14-15-28-21-10-8-9-11-22(21)29-24(19(5)30)23(26-25(28)29)20-16-17(3)12-13-18(20)4/h8-13,16H,6-7,14-15H2,1-5H3/p+1. The average Bonchev–Trinajstić information content (AvgIpc) is 3.26. The molecule has 2 aromatic carbocycles. The smallest absolute Gasteiger partial charge is 0.216 e. The molecule has 0 spiro atoms. The molecule has 4 aromatic rings. The van der Waals surface area contributed by atoms with Gasteiger partial charge in [0.15, 0.2) is 5.78 Å². The Kier molecular flexibility index (Phi) is 5.48. The summed E-state index contributed by atoms with van der Waals surface area (Å²) < 4.78 is 4.34. The number of imidazole rings is 2. The molecule has 30 heavy (non-hydrogen) atoms. The summed E-state index contributed by atoms with van der Waals surface area (Å²) in [4.78, 5) is 19.5. The Bertz CT molecular complexity index is 1230. The van der Waals surface area contributed by atoms with Crippen molar-refractivity contribution in [1.29, 1.82) is 0 Å². The molecule has 0 saturated heterocycles. The Labute approximate surface area is 177 Å². The number of nitrogens with one attached hydrogen (secondary N) is 1. The number of Topliss-reactive ketones (excluding diaryl/α,β-unsaturated/α-hetero) is 1. The van der Waals surface area contributed by atoms with E-state index >= 15 is 0 Å². The molecule has 156 valence electrons. The van der Waals surface area contributed by atoms with Gasteiger partial charge in [-0.25, -0.2) is 4.98 Å². The molecular formula is C25H31N4O+. The predicted molar refractivity (Wildman–Crippen MR) is 123 cm³/mol. The van der Waals surface area contributed by atoms with Crippen molar-refractivity contribution in [2.24, 2.45) is 0 Å². The quantitative estimate of drug-likeness (QED) is 0.478. The number of para-hydroxylation sites is 2. The van der Waals surface area contributed by atoms with Gasteiger partial charge in [0.25, 0.3) is 0 Å². The van der Waals surface area contributed by atoms with Crippen LogP contribution in [0.25, 0.3) is 28.1 Å². The van der Waals surface area contributed by atoms with E-state index < -0.39 is 0 Å². The van der Waals surface area contributed by atoms with Crippen molar-refractivity contribution in [3.05, 3.63) is 59.3 Å². The Hall–Kier alpha value is -2.92. The largest absolute Gasteiger partial charge is 0.334 e. The first-order valence-electron chi connectivity index (χ1n) is 10.9. The van der Waals surface area contributed by atoms with E-state index in [1.165, 1.54) is 5.56 Å². The monoisotopic (exact) mass is 403 g/mol. The number of carbonyl (C=O) groups is 1. The van der Waals surface area contributed by atoms with Crippen molar-refractivity contribution in [1.82, 2.24) is 14.0 Å². The van der Waals surface area contributed by atoms with Gasteiger partial charge in [0, 0.05) is 12.5 Å². The lowest BCUT2D eigenvalue weighted by molar-refractivity contribution is -0.897. The molecular weight excluding hydrogens is 372 g/mol. The molecule has 0 bridgehead atoms. The van der Waals surface area contributed by atoms with Gasteiger partial charge in [0.05, 0.1) is 37.2 Å². The molecule has 0 aliphatic heterocycles. The maximum atomic E-state index is 12.8. The number of likely N-dealkylation sites (N-methyl/N-ethyl adjacent to an activating group) is 1. The van der Waals surface area contributed by atoms with Gasteiger partial charge in [-0.3, -0.25) is 9.20 Å². The fourth-order valence-corrected chi connectivity index (χ4v) is 4.40. The minimum absolute atomic E-state index is 0.0377. The third-order valence-electron chi connectivity index (χ3n) is 6.19. The zero-order valence-corrected chi connectivity index (χ0v) is 18.6. The van der Waals surface area contributed by atoms with Crippen LogP contribution in [0.3, 0.4) is 0 Å². The zero-order valence-electron chi connectivity index (χ0n) is 18.6. The summed E-state index contributed by atoms with van der Waals surface area (Å²) in [5.41, 5.74) is 6.96. The molecule has 0 amide bonds. The van der Waals surface area contributed by atoms with Crippen LogP contribution in [0.15, 0.2) is 42.5 Å². The average molecular weight is 404 g/mol. The molecule has 0 atom stereocenters. The minimum atomic E-state index is 0.0377. The van der Waals surface area contributed by atoms with Gasteiger partial charge in [0.1, 0.15) is 11.4 Å². The number of benzene rings is 2. The third kappa shape index (κ3) is 3.33. The number of hydrogen-bond acceptors (Lipinski definition) is 2. The van der Waals surface area contributed by atoms with Gasteiger partial charge in [-0.05, 0) is 51.5 Å². The second kappa shape index (κ2) is 8.07. The summed E-state index contributed by atoms with van der Waals surface area (Å²) in [6.45, 7) is 14.4. The van der Waals surface area contributed by atoms with Crippen LogP contribution in [0.2, 0.25) is 0 Å². The highest BCUT2D eigenvalue weighted by Gasteiger charge is 2.24. The zero-order chi connectivity index (χ0) is 21.4. The normalized spacial score (nSPS) is 11.8. The van der Waals surface area contributed by atoms with Gasteiger partial charge in [-0.1, -0.05) is 29.8 Å². The van der Waals surface area contributed by atoms with Crippen LogP contribution in [-0.4, -0.2) is 39.4 Å². The number of carbonyl (C=O) groups excluding carboxylic acids is 1. The molecule has 5 heteroatoms. The summed E-state index contributed by atoms with van der Waals surface area (Å²) in [5, 5.41) is 0. The van der Waals surface area contributed by atoms with Crippen molar-refractivity contribution >= 4 is 22.6 Å². The lowest BCUT2D eigenvalue weighted by Gasteiger charge is -2.15. The van der Waals surface area contributed by atoms with E-state index in [2.05, 4.69) is 73.1 Å². The summed E-state index contributed by atoms with van der Waals surface area (Å²) in [6.07, 6.45) is 0. The number of aromatic nitrogens is 3. The lowest BCUT2D eigenvalue weighted by atomic mass is 10.0.